The van der Waals surface area contributed by atoms with Crippen molar-refractivity contribution < 1.29 is 24.5 Å². The number of carbonyl (C=O) groups is 1. The number of amides is 1. The maximum Gasteiger partial charge on any atom is 0.266 e. The zero-order chi connectivity index (χ0) is 31.7. The lowest BCUT2D eigenvalue weighted by Crippen LogP contribution is -2.55. The fourth-order valence-electron chi connectivity index (χ4n) is 5.73. The van der Waals surface area contributed by atoms with E-state index in [1.165, 1.54) is 0 Å². The first-order valence-electron chi connectivity index (χ1n) is 15.3. The van der Waals surface area contributed by atoms with Crippen molar-refractivity contribution in [2.75, 3.05) is 19.8 Å². The van der Waals surface area contributed by atoms with Gasteiger partial charge in [0, 0.05) is 47.2 Å². The zero-order valence-electron chi connectivity index (χ0n) is 25.1. The number of benzene rings is 3. The third-order valence-corrected chi connectivity index (χ3v) is 8.78. The van der Waals surface area contributed by atoms with E-state index in [1.807, 2.05) is 54.6 Å². The van der Waals surface area contributed by atoms with Gasteiger partial charge in [-0.1, -0.05) is 91.0 Å². The Morgan fingerprint density at radius 3 is 2.51 bits per heavy atom. The molecule has 0 aromatic heterocycles. The molecular formula is C35H39Cl2N3O5. The SMILES string of the molecule is O=C(NNCC1(O)CCCCC1)[C@@]1(C/C=C/c2ccccc2)N=C(c2ccc(OCCCO)cc2)O[C@H]1c1ccc(Cl)cc1Cl. The number of hydrazine groups is 1. The number of ether oxygens (including phenoxy) is 2. The Morgan fingerprint density at radius 1 is 1.04 bits per heavy atom. The average Bonchev–Trinajstić information content (AvgIpc) is 3.42. The van der Waals surface area contributed by atoms with Gasteiger partial charge < -0.3 is 19.7 Å². The number of rotatable bonds is 13. The van der Waals surface area contributed by atoms with Crippen LogP contribution in [0.2, 0.25) is 10.0 Å². The summed E-state index contributed by atoms with van der Waals surface area (Å²) >= 11 is 13.0. The van der Waals surface area contributed by atoms with Crippen molar-refractivity contribution in [1.29, 1.82) is 0 Å². The molecule has 2 atom stereocenters. The van der Waals surface area contributed by atoms with Gasteiger partial charge in [0.1, 0.15) is 5.75 Å². The van der Waals surface area contributed by atoms with E-state index < -0.39 is 23.2 Å². The summed E-state index contributed by atoms with van der Waals surface area (Å²) in [6, 6.07) is 22.1. The number of hydrogen-bond donors (Lipinski definition) is 4. The summed E-state index contributed by atoms with van der Waals surface area (Å²) in [7, 11) is 0. The Bertz CT molecular complexity index is 1490. The number of nitrogens with one attached hydrogen (secondary N) is 2. The van der Waals surface area contributed by atoms with Crippen LogP contribution in [0.4, 0.5) is 0 Å². The lowest BCUT2D eigenvalue weighted by molar-refractivity contribution is -0.130. The van der Waals surface area contributed by atoms with Crippen LogP contribution >= 0.6 is 23.2 Å². The van der Waals surface area contributed by atoms with Crippen molar-refractivity contribution in [3.63, 3.8) is 0 Å². The number of aliphatic imine (C=N–C) groups is 1. The fraction of sp³-hybridized carbons (Fsp3) is 0.371. The van der Waals surface area contributed by atoms with Crippen molar-refractivity contribution in [3.05, 3.63) is 106 Å². The van der Waals surface area contributed by atoms with Crippen molar-refractivity contribution in [2.24, 2.45) is 4.99 Å². The van der Waals surface area contributed by atoms with Crippen LogP contribution in [0.15, 0.2) is 83.9 Å². The van der Waals surface area contributed by atoms with Gasteiger partial charge in [-0.2, -0.15) is 0 Å². The van der Waals surface area contributed by atoms with Crippen LogP contribution in [0.3, 0.4) is 0 Å². The molecule has 0 radical (unpaired) electrons. The first kappa shape index (κ1) is 33.0. The van der Waals surface area contributed by atoms with Crippen LogP contribution in [0, 0.1) is 0 Å². The third-order valence-electron chi connectivity index (χ3n) is 8.22. The van der Waals surface area contributed by atoms with Gasteiger partial charge in [-0.25, -0.2) is 10.4 Å². The summed E-state index contributed by atoms with van der Waals surface area (Å²) in [4.78, 5) is 19.3. The van der Waals surface area contributed by atoms with Crippen molar-refractivity contribution in [1.82, 2.24) is 10.9 Å². The summed E-state index contributed by atoms with van der Waals surface area (Å²) in [5.74, 6) is 0.499. The maximum absolute atomic E-state index is 14.3. The van der Waals surface area contributed by atoms with Crippen LogP contribution < -0.4 is 15.6 Å². The van der Waals surface area contributed by atoms with Crippen LogP contribution in [0.25, 0.3) is 6.08 Å². The standard InChI is InChI=1S/C35H39Cl2N3O5/c36-27-14-17-29(30(37)23-27)31-35(20-7-11-25-9-3-1-4-10-25,33(42)40-38-24-34(43)18-5-2-6-19-34)39-32(45-31)26-12-15-28(16-13-26)44-22-8-21-41/h1,3-4,7,9-17,23,31,38,41,43H,2,5-6,8,18-22,24H2,(H,40,42)/b11-7+/t31-,35-/m0/s1. The first-order chi connectivity index (χ1) is 21.8. The molecule has 1 amide bonds. The van der Waals surface area contributed by atoms with Crippen molar-refractivity contribution in [2.45, 2.75) is 62.2 Å². The quantitative estimate of drug-likeness (QED) is 0.125. The molecule has 10 heteroatoms. The summed E-state index contributed by atoms with van der Waals surface area (Å²) in [6.45, 7) is 0.661. The predicted molar refractivity (Wildman–Crippen MR) is 177 cm³/mol. The molecule has 4 N–H and O–H groups in total. The molecule has 1 aliphatic heterocycles. The van der Waals surface area contributed by atoms with Crippen LogP contribution in [-0.4, -0.2) is 52.9 Å². The molecule has 1 heterocycles. The van der Waals surface area contributed by atoms with Gasteiger partial charge in [-0.3, -0.25) is 10.2 Å². The molecule has 8 nitrogen and oxygen atoms in total. The Labute approximate surface area is 274 Å². The second-order valence-corrected chi connectivity index (χ2v) is 12.4. The highest BCUT2D eigenvalue weighted by molar-refractivity contribution is 6.35. The maximum atomic E-state index is 14.3. The minimum atomic E-state index is -1.46. The highest BCUT2D eigenvalue weighted by Gasteiger charge is 2.53. The molecule has 0 saturated heterocycles. The van der Waals surface area contributed by atoms with Gasteiger partial charge in [0.15, 0.2) is 11.6 Å². The van der Waals surface area contributed by atoms with Crippen LogP contribution in [-0.2, 0) is 9.53 Å². The van der Waals surface area contributed by atoms with Gasteiger partial charge in [0.05, 0.1) is 12.2 Å². The highest BCUT2D eigenvalue weighted by atomic mass is 35.5. The number of carbonyl (C=O) groups excluding carboxylic acids is 1. The second kappa shape index (κ2) is 15.3. The molecule has 2 aliphatic rings. The molecule has 45 heavy (non-hydrogen) atoms. The smallest absolute Gasteiger partial charge is 0.266 e. The van der Waals surface area contributed by atoms with Gasteiger partial charge in [0.2, 0.25) is 5.90 Å². The summed E-state index contributed by atoms with van der Waals surface area (Å²) in [5, 5.41) is 20.9. The molecule has 0 bridgehead atoms. The highest BCUT2D eigenvalue weighted by Crippen LogP contribution is 2.45. The minimum absolute atomic E-state index is 0.0500. The van der Waals surface area contributed by atoms with Crippen molar-refractivity contribution >= 4 is 41.1 Å². The first-order valence-corrected chi connectivity index (χ1v) is 16.1. The Balaban J connectivity index is 1.50. The number of nitrogens with zero attached hydrogens (tertiary/aromatic N) is 1. The molecule has 1 aliphatic carbocycles. The average molecular weight is 653 g/mol. The molecule has 238 valence electrons. The van der Waals surface area contributed by atoms with Gasteiger partial charge in [-0.05, 0) is 54.8 Å². The Morgan fingerprint density at radius 2 is 1.80 bits per heavy atom. The van der Waals surface area contributed by atoms with E-state index in [4.69, 9.17) is 42.8 Å². The predicted octanol–water partition coefficient (Wildman–Crippen LogP) is 6.43. The van der Waals surface area contributed by atoms with Gasteiger partial charge in [0.25, 0.3) is 5.91 Å². The summed E-state index contributed by atoms with van der Waals surface area (Å²) < 4.78 is 12.2. The van der Waals surface area contributed by atoms with E-state index in [1.54, 1.807) is 30.3 Å². The van der Waals surface area contributed by atoms with E-state index >= 15 is 0 Å². The fourth-order valence-corrected chi connectivity index (χ4v) is 6.24. The molecule has 0 unspecified atom stereocenters. The van der Waals surface area contributed by atoms with Crippen molar-refractivity contribution in [3.8, 4) is 5.75 Å². The number of hydrogen-bond acceptors (Lipinski definition) is 7. The lowest BCUT2D eigenvalue weighted by atomic mass is 9.84. The molecule has 5 rings (SSSR count). The second-order valence-electron chi connectivity index (χ2n) is 11.6. The summed E-state index contributed by atoms with van der Waals surface area (Å²) in [6.07, 6.45) is 8.03. The van der Waals surface area contributed by atoms with Gasteiger partial charge in [-0.15, -0.1) is 0 Å². The number of aliphatic hydroxyl groups excluding tert-OH is 1. The Hall–Kier alpha value is -3.40. The zero-order valence-corrected chi connectivity index (χ0v) is 26.6. The Kier molecular flexibility index (Phi) is 11.2. The molecule has 1 fully saturated rings. The van der Waals surface area contributed by atoms with E-state index in [0.717, 1.165) is 24.8 Å². The topological polar surface area (TPSA) is 112 Å². The third kappa shape index (κ3) is 8.26. The van der Waals surface area contributed by atoms with E-state index in [-0.39, 0.29) is 25.5 Å². The monoisotopic (exact) mass is 651 g/mol. The van der Waals surface area contributed by atoms with Gasteiger partial charge >= 0.3 is 0 Å². The minimum Gasteiger partial charge on any atom is -0.494 e. The number of halogens is 2. The molecular weight excluding hydrogens is 613 g/mol. The molecule has 1 saturated carbocycles. The van der Waals surface area contributed by atoms with E-state index in [2.05, 4.69) is 10.9 Å². The number of aliphatic hydroxyl groups is 2. The van der Waals surface area contributed by atoms with Crippen LogP contribution in [0.5, 0.6) is 5.75 Å². The van der Waals surface area contributed by atoms with Crippen LogP contribution in [0.1, 0.15) is 67.7 Å². The molecule has 3 aromatic carbocycles. The normalized spacial score (nSPS) is 20.9. The van der Waals surface area contributed by atoms with E-state index in [9.17, 15) is 9.90 Å². The molecule has 0 spiro atoms. The molecule has 3 aromatic rings. The van der Waals surface area contributed by atoms with E-state index in [0.29, 0.717) is 52.8 Å². The lowest BCUT2D eigenvalue weighted by Gasteiger charge is -2.34. The largest absolute Gasteiger partial charge is 0.494 e. The summed E-state index contributed by atoms with van der Waals surface area (Å²) in [5.41, 5.74) is 5.71.